The maximum Gasteiger partial charge on any atom is 0.337 e. The van der Waals surface area contributed by atoms with Crippen molar-refractivity contribution >= 4 is 5.97 Å². The predicted molar refractivity (Wildman–Crippen MR) is 61.3 cm³/mol. The van der Waals surface area contributed by atoms with Gasteiger partial charge in [0.15, 0.2) is 0 Å². The lowest BCUT2D eigenvalue weighted by molar-refractivity contribution is 0.0697. The molecule has 0 spiro atoms. The summed E-state index contributed by atoms with van der Waals surface area (Å²) in [6.45, 7) is 1.82. The number of carbonyl (C=O) groups is 1. The van der Waals surface area contributed by atoms with E-state index in [2.05, 4.69) is 4.98 Å². The molecule has 3 nitrogen and oxygen atoms in total. The molecule has 0 radical (unpaired) electrons. The SMILES string of the molecule is Cc1ccc(F)c(-c2ccncc2C(=O)O)c1. The molecule has 0 unspecified atom stereocenters. The molecule has 0 aliphatic carbocycles. The standard InChI is InChI=1S/C13H10FNO2/c1-8-2-3-12(14)10(6-8)9-4-5-15-7-11(9)13(16)17/h2-7H,1H3,(H,16,17). The van der Waals surface area contributed by atoms with Gasteiger partial charge in [-0.15, -0.1) is 0 Å². The highest BCUT2D eigenvalue weighted by atomic mass is 19.1. The molecule has 1 aromatic carbocycles. The van der Waals surface area contributed by atoms with E-state index in [0.29, 0.717) is 5.56 Å². The number of rotatable bonds is 2. The second kappa shape index (κ2) is 4.33. The van der Waals surface area contributed by atoms with Crippen molar-refractivity contribution in [3.05, 3.63) is 53.6 Å². The quantitative estimate of drug-likeness (QED) is 0.864. The zero-order valence-electron chi connectivity index (χ0n) is 9.14. The number of carboxylic acids is 1. The molecule has 2 aromatic rings. The molecule has 0 aliphatic rings. The van der Waals surface area contributed by atoms with Crippen LogP contribution in [0.4, 0.5) is 4.39 Å². The van der Waals surface area contributed by atoms with Crippen LogP contribution in [0.5, 0.6) is 0 Å². The summed E-state index contributed by atoms with van der Waals surface area (Å²) < 4.78 is 13.7. The first kappa shape index (κ1) is 11.3. The van der Waals surface area contributed by atoms with Crippen LogP contribution in [0.1, 0.15) is 15.9 Å². The second-order valence-electron chi connectivity index (χ2n) is 3.71. The van der Waals surface area contributed by atoms with Gasteiger partial charge in [-0.05, 0) is 25.1 Å². The maximum atomic E-state index is 13.7. The fourth-order valence-electron chi connectivity index (χ4n) is 1.65. The average Bonchev–Trinajstić information content (AvgIpc) is 2.32. The van der Waals surface area contributed by atoms with Crippen molar-refractivity contribution in [3.8, 4) is 11.1 Å². The molecule has 1 heterocycles. The normalized spacial score (nSPS) is 10.2. The number of carboxylic acid groups (broad SMARTS) is 1. The summed E-state index contributed by atoms with van der Waals surface area (Å²) in [5, 5.41) is 9.02. The Morgan fingerprint density at radius 3 is 2.76 bits per heavy atom. The van der Waals surface area contributed by atoms with E-state index in [-0.39, 0.29) is 11.1 Å². The number of pyridine rings is 1. The van der Waals surface area contributed by atoms with Gasteiger partial charge in [0.25, 0.3) is 0 Å². The van der Waals surface area contributed by atoms with Crippen molar-refractivity contribution in [2.75, 3.05) is 0 Å². The molecule has 0 saturated carbocycles. The summed E-state index contributed by atoms with van der Waals surface area (Å²) in [5.41, 5.74) is 1.49. The number of aromatic carboxylic acids is 1. The lowest BCUT2D eigenvalue weighted by Crippen LogP contribution is -2.01. The molecule has 1 N–H and O–H groups in total. The minimum atomic E-state index is -1.12. The Hall–Kier alpha value is -2.23. The van der Waals surface area contributed by atoms with Crippen molar-refractivity contribution < 1.29 is 14.3 Å². The molecule has 0 saturated heterocycles. The fraction of sp³-hybridized carbons (Fsp3) is 0.0769. The first-order chi connectivity index (χ1) is 8.09. The summed E-state index contributed by atoms with van der Waals surface area (Å²) in [7, 11) is 0. The zero-order valence-corrected chi connectivity index (χ0v) is 9.14. The topological polar surface area (TPSA) is 50.2 Å². The van der Waals surface area contributed by atoms with Crippen LogP contribution >= 0.6 is 0 Å². The monoisotopic (exact) mass is 231 g/mol. The van der Waals surface area contributed by atoms with Crippen LogP contribution in [-0.4, -0.2) is 16.1 Å². The Morgan fingerprint density at radius 2 is 2.06 bits per heavy atom. The van der Waals surface area contributed by atoms with E-state index >= 15 is 0 Å². The van der Waals surface area contributed by atoms with Crippen LogP contribution in [0.15, 0.2) is 36.7 Å². The number of benzene rings is 1. The Kier molecular flexibility index (Phi) is 2.87. The first-order valence-corrected chi connectivity index (χ1v) is 5.03. The molecule has 1 aromatic heterocycles. The van der Waals surface area contributed by atoms with Crippen molar-refractivity contribution in [1.82, 2.24) is 4.98 Å². The smallest absolute Gasteiger partial charge is 0.337 e. The van der Waals surface area contributed by atoms with Gasteiger partial charge in [0.1, 0.15) is 5.82 Å². The molecular weight excluding hydrogens is 221 g/mol. The third kappa shape index (κ3) is 2.15. The van der Waals surface area contributed by atoms with Crippen LogP contribution < -0.4 is 0 Å². The van der Waals surface area contributed by atoms with Crippen LogP contribution in [0.25, 0.3) is 11.1 Å². The molecule has 0 bridgehead atoms. The van der Waals surface area contributed by atoms with Gasteiger partial charge in [0.2, 0.25) is 0 Å². The van der Waals surface area contributed by atoms with E-state index in [1.54, 1.807) is 12.1 Å². The van der Waals surface area contributed by atoms with Crippen molar-refractivity contribution in [2.45, 2.75) is 6.92 Å². The molecule has 86 valence electrons. The Bertz CT molecular complexity index is 581. The van der Waals surface area contributed by atoms with E-state index in [1.807, 2.05) is 6.92 Å². The molecule has 0 aliphatic heterocycles. The van der Waals surface area contributed by atoms with Crippen LogP contribution in [0, 0.1) is 12.7 Å². The van der Waals surface area contributed by atoms with Crippen molar-refractivity contribution in [1.29, 1.82) is 0 Å². The third-order valence-electron chi connectivity index (χ3n) is 2.46. The molecular formula is C13H10FNO2. The van der Waals surface area contributed by atoms with Gasteiger partial charge in [-0.3, -0.25) is 4.98 Å². The number of hydrogen-bond acceptors (Lipinski definition) is 2. The minimum absolute atomic E-state index is 0.00278. The van der Waals surface area contributed by atoms with E-state index in [4.69, 9.17) is 5.11 Å². The predicted octanol–water partition coefficient (Wildman–Crippen LogP) is 2.89. The Balaban J connectivity index is 2.68. The van der Waals surface area contributed by atoms with Gasteiger partial charge in [-0.2, -0.15) is 0 Å². The number of aromatic nitrogens is 1. The van der Waals surface area contributed by atoms with Gasteiger partial charge in [0, 0.05) is 23.5 Å². The molecule has 0 amide bonds. The van der Waals surface area contributed by atoms with E-state index in [9.17, 15) is 9.18 Å². The highest BCUT2D eigenvalue weighted by Gasteiger charge is 2.14. The first-order valence-electron chi connectivity index (χ1n) is 5.03. The zero-order chi connectivity index (χ0) is 12.4. The highest BCUT2D eigenvalue weighted by Crippen LogP contribution is 2.26. The third-order valence-corrected chi connectivity index (χ3v) is 2.46. The molecule has 0 atom stereocenters. The van der Waals surface area contributed by atoms with Gasteiger partial charge < -0.3 is 5.11 Å². The fourth-order valence-corrected chi connectivity index (χ4v) is 1.65. The molecule has 0 fully saturated rings. The van der Waals surface area contributed by atoms with Crippen LogP contribution in [-0.2, 0) is 0 Å². The van der Waals surface area contributed by atoms with Crippen LogP contribution in [0.2, 0.25) is 0 Å². The van der Waals surface area contributed by atoms with Gasteiger partial charge in [0.05, 0.1) is 5.56 Å². The number of aryl methyl sites for hydroxylation is 1. The molecule has 4 heteroatoms. The van der Waals surface area contributed by atoms with E-state index in [1.165, 1.54) is 24.5 Å². The van der Waals surface area contributed by atoms with Gasteiger partial charge >= 0.3 is 5.97 Å². The van der Waals surface area contributed by atoms with Crippen molar-refractivity contribution in [2.24, 2.45) is 0 Å². The number of nitrogens with zero attached hydrogens (tertiary/aromatic N) is 1. The Morgan fingerprint density at radius 1 is 1.29 bits per heavy atom. The van der Waals surface area contributed by atoms with Crippen molar-refractivity contribution in [3.63, 3.8) is 0 Å². The lowest BCUT2D eigenvalue weighted by atomic mass is 9.99. The van der Waals surface area contributed by atoms with Crippen LogP contribution in [0.3, 0.4) is 0 Å². The Labute approximate surface area is 97.6 Å². The van der Waals surface area contributed by atoms with E-state index < -0.39 is 11.8 Å². The lowest BCUT2D eigenvalue weighted by Gasteiger charge is -2.07. The summed E-state index contributed by atoms with van der Waals surface area (Å²) in [6.07, 6.45) is 2.67. The maximum absolute atomic E-state index is 13.7. The number of halogens is 1. The second-order valence-corrected chi connectivity index (χ2v) is 3.71. The largest absolute Gasteiger partial charge is 0.478 e. The highest BCUT2D eigenvalue weighted by molar-refractivity contribution is 5.95. The average molecular weight is 231 g/mol. The molecule has 2 rings (SSSR count). The number of hydrogen-bond donors (Lipinski definition) is 1. The summed E-state index contributed by atoms with van der Waals surface area (Å²) in [5.74, 6) is -1.56. The summed E-state index contributed by atoms with van der Waals surface area (Å²) in [4.78, 5) is 14.8. The van der Waals surface area contributed by atoms with Gasteiger partial charge in [-0.1, -0.05) is 11.6 Å². The summed E-state index contributed by atoms with van der Waals surface area (Å²) >= 11 is 0. The summed E-state index contributed by atoms with van der Waals surface area (Å²) in [6, 6.07) is 6.09. The van der Waals surface area contributed by atoms with Gasteiger partial charge in [-0.25, -0.2) is 9.18 Å². The van der Waals surface area contributed by atoms with E-state index in [0.717, 1.165) is 5.56 Å². The minimum Gasteiger partial charge on any atom is -0.478 e. The molecule has 17 heavy (non-hydrogen) atoms.